The fourth-order valence-electron chi connectivity index (χ4n) is 2.45. The molecule has 0 unspecified atom stereocenters. The van der Waals surface area contributed by atoms with E-state index >= 15 is 0 Å². The molecule has 1 saturated carbocycles. The second-order valence-electron chi connectivity index (χ2n) is 5.86. The fraction of sp³-hybridized carbons (Fsp3) is 0.294. The summed E-state index contributed by atoms with van der Waals surface area (Å²) < 4.78 is 42.9. The maximum Gasteiger partial charge on any atom is 0.416 e. The second-order valence-corrected chi connectivity index (χ2v) is 5.86. The molecule has 1 heterocycles. The van der Waals surface area contributed by atoms with E-state index in [1.54, 1.807) is 0 Å². The molecule has 5 nitrogen and oxygen atoms in total. The lowest BCUT2D eigenvalue weighted by molar-refractivity contribution is -0.137. The molecule has 2 aromatic rings. The van der Waals surface area contributed by atoms with Crippen LogP contribution in [0.2, 0.25) is 0 Å². The highest BCUT2D eigenvalue weighted by Crippen LogP contribution is 2.32. The molecule has 1 aliphatic carbocycles. The van der Waals surface area contributed by atoms with Gasteiger partial charge < -0.3 is 14.4 Å². The van der Waals surface area contributed by atoms with E-state index in [-0.39, 0.29) is 23.9 Å². The Morgan fingerprint density at radius 2 is 1.84 bits per heavy atom. The zero-order chi connectivity index (χ0) is 18.2. The lowest BCUT2D eigenvalue weighted by Crippen LogP contribution is -2.32. The Hall–Kier alpha value is -2.77. The number of carbonyl (C=O) groups is 2. The summed E-state index contributed by atoms with van der Waals surface area (Å²) in [5.74, 6) is -1.78. The third-order valence-electron chi connectivity index (χ3n) is 3.94. The number of nitrogens with zero attached hydrogens (tertiary/aromatic N) is 1. The Bertz CT molecular complexity index is 791. The van der Waals surface area contributed by atoms with Crippen molar-refractivity contribution in [2.45, 2.75) is 31.6 Å². The van der Waals surface area contributed by atoms with Crippen LogP contribution in [0.1, 0.15) is 44.9 Å². The summed E-state index contributed by atoms with van der Waals surface area (Å²) in [5.41, 5.74) is -0.329. The first-order chi connectivity index (χ1) is 11.8. The van der Waals surface area contributed by atoms with Gasteiger partial charge in [-0.15, -0.1) is 0 Å². The number of rotatable bonds is 5. The molecule has 0 radical (unpaired) electrons. The van der Waals surface area contributed by atoms with Crippen LogP contribution in [0.25, 0.3) is 0 Å². The quantitative estimate of drug-likeness (QED) is 0.888. The van der Waals surface area contributed by atoms with Crippen molar-refractivity contribution in [3.8, 4) is 0 Å². The number of hydrogen-bond acceptors (Lipinski definition) is 3. The molecule has 25 heavy (non-hydrogen) atoms. The summed E-state index contributed by atoms with van der Waals surface area (Å²) in [6, 6.07) is 5.73. The fourth-order valence-corrected chi connectivity index (χ4v) is 2.45. The molecule has 1 fully saturated rings. The van der Waals surface area contributed by atoms with E-state index in [2.05, 4.69) is 0 Å². The third-order valence-corrected chi connectivity index (χ3v) is 3.94. The minimum Gasteiger partial charge on any atom is -0.478 e. The molecule has 8 heteroatoms. The molecule has 1 N–H and O–H groups in total. The van der Waals surface area contributed by atoms with Crippen LogP contribution in [-0.2, 0) is 12.7 Å². The Balaban J connectivity index is 1.77. The Morgan fingerprint density at radius 3 is 2.32 bits per heavy atom. The number of alkyl halides is 3. The van der Waals surface area contributed by atoms with Crippen LogP contribution in [-0.4, -0.2) is 27.9 Å². The van der Waals surface area contributed by atoms with Crippen LogP contribution in [0, 0.1) is 0 Å². The van der Waals surface area contributed by atoms with Crippen molar-refractivity contribution < 1.29 is 32.3 Å². The Kier molecular flexibility index (Phi) is 4.28. The number of aromatic carboxylic acids is 1. The molecule has 0 aliphatic heterocycles. The maximum absolute atomic E-state index is 12.6. The van der Waals surface area contributed by atoms with Crippen LogP contribution < -0.4 is 0 Å². The van der Waals surface area contributed by atoms with E-state index in [1.807, 2.05) is 0 Å². The largest absolute Gasteiger partial charge is 0.478 e. The van der Waals surface area contributed by atoms with Crippen LogP contribution in [0.3, 0.4) is 0 Å². The minimum absolute atomic E-state index is 0.0202. The monoisotopic (exact) mass is 353 g/mol. The Morgan fingerprint density at radius 1 is 1.20 bits per heavy atom. The molecule has 3 rings (SSSR count). The van der Waals surface area contributed by atoms with Gasteiger partial charge in [-0.3, -0.25) is 4.79 Å². The molecule has 132 valence electrons. The van der Waals surface area contributed by atoms with E-state index in [0.717, 1.165) is 37.3 Å². The van der Waals surface area contributed by atoms with Gasteiger partial charge in [0.25, 0.3) is 5.91 Å². The first kappa shape index (κ1) is 17.1. The molecule has 0 bridgehead atoms. The highest BCUT2D eigenvalue weighted by molar-refractivity contribution is 5.95. The van der Waals surface area contributed by atoms with Crippen molar-refractivity contribution in [1.82, 2.24) is 4.90 Å². The van der Waals surface area contributed by atoms with E-state index < -0.39 is 23.6 Å². The SMILES string of the molecule is O=C(O)c1coc(C(=O)N(Cc2ccc(C(F)(F)F)cc2)C2CC2)c1. The van der Waals surface area contributed by atoms with Crippen molar-refractivity contribution in [3.05, 3.63) is 59.0 Å². The van der Waals surface area contributed by atoms with Gasteiger partial charge in [0.05, 0.1) is 11.1 Å². The number of hydrogen-bond donors (Lipinski definition) is 1. The summed E-state index contributed by atoms with van der Waals surface area (Å²) in [6.45, 7) is 0.130. The number of amides is 1. The van der Waals surface area contributed by atoms with Crippen LogP contribution in [0.4, 0.5) is 13.2 Å². The third kappa shape index (κ3) is 3.84. The zero-order valence-corrected chi connectivity index (χ0v) is 12.9. The van der Waals surface area contributed by atoms with Gasteiger partial charge in [0.15, 0.2) is 5.76 Å². The standard InChI is InChI=1S/C17H14F3NO4/c18-17(19,20)12-3-1-10(2-4-12)8-21(13-5-6-13)15(22)14-7-11(9-25-14)16(23)24/h1-4,7,9,13H,5-6,8H2,(H,23,24). The summed E-state index contributed by atoms with van der Waals surface area (Å²) >= 11 is 0. The van der Waals surface area contributed by atoms with E-state index in [9.17, 15) is 22.8 Å². The van der Waals surface area contributed by atoms with Gasteiger partial charge in [0.2, 0.25) is 0 Å². The highest BCUT2D eigenvalue weighted by Gasteiger charge is 2.35. The molecule has 1 aromatic heterocycles. The first-order valence-electron chi connectivity index (χ1n) is 7.54. The number of carbonyl (C=O) groups excluding carboxylic acids is 1. The lowest BCUT2D eigenvalue weighted by atomic mass is 10.1. The molecule has 0 atom stereocenters. The zero-order valence-electron chi connectivity index (χ0n) is 12.9. The molecular weight excluding hydrogens is 339 g/mol. The van der Waals surface area contributed by atoms with Gasteiger partial charge in [-0.05, 0) is 30.5 Å². The molecule has 1 aliphatic rings. The van der Waals surface area contributed by atoms with Gasteiger partial charge >= 0.3 is 12.1 Å². The second kappa shape index (κ2) is 6.27. The summed E-state index contributed by atoms with van der Waals surface area (Å²) in [5, 5.41) is 8.89. The number of benzene rings is 1. The minimum atomic E-state index is -4.41. The Labute approximate surface area is 140 Å². The van der Waals surface area contributed by atoms with Crippen LogP contribution >= 0.6 is 0 Å². The van der Waals surface area contributed by atoms with Gasteiger partial charge in [-0.2, -0.15) is 13.2 Å². The maximum atomic E-state index is 12.6. The predicted octanol–water partition coefficient (Wildman–Crippen LogP) is 3.80. The van der Waals surface area contributed by atoms with E-state index in [0.29, 0.717) is 5.56 Å². The van der Waals surface area contributed by atoms with Crippen molar-refractivity contribution in [3.63, 3.8) is 0 Å². The van der Waals surface area contributed by atoms with Gasteiger partial charge in [0, 0.05) is 18.7 Å². The lowest BCUT2D eigenvalue weighted by Gasteiger charge is -2.21. The van der Waals surface area contributed by atoms with Crippen molar-refractivity contribution in [2.75, 3.05) is 0 Å². The van der Waals surface area contributed by atoms with E-state index in [1.165, 1.54) is 17.0 Å². The first-order valence-corrected chi connectivity index (χ1v) is 7.54. The topological polar surface area (TPSA) is 70.7 Å². The van der Waals surface area contributed by atoms with E-state index in [4.69, 9.17) is 9.52 Å². The number of furan rings is 1. The molecule has 1 aromatic carbocycles. The molecule has 0 saturated heterocycles. The van der Waals surface area contributed by atoms with Crippen LogP contribution in [0.5, 0.6) is 0 Å². The van der Waals surface area contributed by atoms with Crippen molar-refractivity contribution >= 4 is 11.9 Å². The van der Waals surface area contributed by atoms with Crippen molar-refractivity contribution in [2.24, 2.45) is 0 Å². The van der Waals surface area contributed by atoms with Crippen molar-refractivity contribution in [1.29, 1.82) is 0 Å². The summed E-state index contributed by atoms with van der Waals surface area (Å²) in [6.07, 6.45) is -1.84. The van der Waals surface area contributed by atoms with Gasteiger partial charge in [0.1, 0.15) is 6.26 Å². The average Bonchev–Trinajstić information content (AvgIpc) is 3.26. The molecule has 0 spiro atoms. The number of carboxylic acid groups (broad SMARTS) is 1. The predicted molar refractivity (Wildman–Crippen MR) is 80.0 cm³/mol. The smallest absolute Gasteiger partial charge is 0.416 e. The number of halogens is 3. The van der Waals surface area contributed by atoms with Gasteiger partial charge in [-0.25, -0.2) is 4.79 Å². The normalized spacial score (nSPS) is 14.4. The average molecular weight is 353 g/mol. The summed E-state index contributed by atoms with van der Waals surface area (Å²) in [7, 11) is 0. The number of carboxylic acids is 1. The summed E-state index contributed by atoms with van der Waals surface area (Å²) in [4.78, 5) is 24.9. The highest BCUT2D eigenvalue weighted by atomic mass is 19.4. The molecule has 1 amide bonds. The van der Waals surface area contributed by atoms with Gasteiger partial charge in [-0.1, -0.05) is 12.1 Å². The molecular formula is C17H14F3NO4. The van der Waals surface area contributed by atoms with Crippen LogP contribution in [0.15, 0.2) is 41.0 Å².